The van der Waals surface area contributed by atoms with Crippen LogP contribution in [0.1, 0.15) is 16.7 Å². The number of hydrogen-bond acceptors (Lipinski definition) is 7. The van der Waals surface area contributed by atoms with Gasteiger partial charge in [-0.25, -0.2) is 5.43 Å². The number of nitro groups is 1. The molecule has 0 aliphatic rings. The fraction of sp³-hybridized carbons (Fsp3) is 0.222. The summed E-state index contributed by atoms with van der Waals surface area (Å²) < 4.78 is 10.3. The van der Waals surface area contributed by atoms with E-state index < -0.39 is 16.5 Å². The van der Waals surface area contributed by atoms with E-state index in [9.17, 15) is 20.0 Å². The third kappa shape index (κ3) is 5.18. The van der Waals surface area contributed by atoms with Crippen molar-refractivity contribution in [1.29, 1.82) is 0 Å². The highest BCUT2D eigenvalue weighted by Crippen LogP contribution is 2.37. The molecule has 9 heteroatoms. The number of hydrogen-bond donors (Lipinski definition) is 2. The van der Waals surface area contributed by atoms with E-state index in [1.807, 2.05) is 19.9 Å². The first-order valence-corrected chi connectivity index (χ1v) is 7.89. The van der Waals surface area contributed by atoms with E-state index in [0.717, 1.165) is 17.3 Å². The maximum atomic E-state index is 11.8. The molecule has 0 saturated heterocycles. The Morgan fingerprint density at radius 2 is 1.96 bits per heavy atom. The molecule has 2 N–H and O–H groups in total. The van der Waals surface area contributed by atoms with Crippen molar-refractivity contribution in [3.05, 3.63) is 57.1 Å². The van der Waals surface area contributed by atoms with E-state index in [0.29, 0.717) is 5.75 Å². The summed E-state index contributed by atoms with van der Waals surface area (Å²) in [6.45, 7) is 3.58. The molecular formula is C18H19N3O6. The van der Waals surface area contributed by atoms with Gasteiger partial charge in [0.25, 0.3) is 5.91 Å². The number of hydrazone groups is 1. The van der Waals surface area contributed by atoms with Gasteiger partial charge in [0.1, 0.15) is 5.75 Å². The number of ether oxygens (including phenoxy) is 2. The highest BCUT2D eigenvalue weighted by Gasteiger charge is 2.23. The average molecular weight is 373 g/mol. The second kappa shape index (κ2) is 8.65. The molecule has 0 radical (unpaired) electrons. The lowest BCUT2D eigenvalue weighted by atomic mass is 10.1. The Morgan fingerprint density at radius 3 is 2.56 bits per heavy atom. The van der Waals surface area contributed by atoms with Crippen LogP contribution in [0, 0.1) is 24.0 Å². The van der Waals surface area contributed by atoms with Crippen LogP contribution in [0.15, 0.2) is 35.4 Å². The minimum atomic E-state index is -0.703. The van der Waals surface area contributed by atoms with Gasteiger partial charge in [0.2, 0.25) is 5.75 Å². The second-order valence-electron chi connectivity index (χ2n) is 5.72. The molecule has 0 aliphatic carbocycles. The number of carbonyl (C=O) groups excluding carboxylic acids is 1. The van der Waals surface area contributed by atoms with Crippen LogP contribution in [0.25, 0.3) is 0 Å². The van der Waals surface area contributed by atoms with Crippen LogP contribution in [-0.2, 0) is 4.79 Å². The number of benzene rings is 2. The van der Waals surface area contributed by atoms with Gasteiger partial charge < -0.3 is 14.6 Å². The Morgan fingerprint density at radius 1 is 1.30 bits per heavy atom. The summed E-state index contributed by atoms with van der Waals surface area (Å²) in [5.74, 6) is -0.620. The second-order valence-corrected chi connectivity index (χ2v) is 5.72. The maximum Gasteiger partial charge on any atom is 0.323 e. The first kappa shape index (κ1) is 19.7. The summed E-state index contributed by atoms with van der Waals surface area (Å²) in [5, 5.41) is 24.5. The molecule has 2 rings (SSSR count). The molecule has 2 aromatic rings. The highest BCUT2D eigenvalue weighted by atomic mass is 16.6. The first-order valence-electron chi connectivity index (χ1n) is 7.89. The van der Waals surface area contributed by atoms with Gasteiger partial charge in [-0.2, -0.15) is 5.10 Å². The summed E-state index contributed by atoms with van der Waals surface area (Å²) >= 11 is 0. The summed E-state index contributed by atoms with van der Waals surface area (Å²) in [4.78, 5) is 22.3. The molecule has 0 saturated carbocycles. The van der Waals surface area contributed by atoms with E-state index in [1.54, 1.807) is 12.1 Å². The molecule has 0 bridgehead atoms. The van der Waals surface area contributed by atoms with Crippen molar-refractivity contribution >= 4 is 17.8 Å². The van der Waals surface area contributed by atoms with Crippen molar-refractivity contribution in [2.75, 3.05) is 13.7 Å². The standard InChI is InChI=1S/C18H19N3O6/c1-11-6-12(2)8-14(7-11)27-10-16(23)20-19-9-13-4-5-15(22)18(26-3)17(13)21(24)25/h4-9,22H,10H2,1-3H3,(H,20,23)/b19-9+. The highest BCUT2D eigenvalue weighted by molar-refractivity contribution is 5.89. The fourth-order valence-electron chi connectivity index (χ4n) is 2.44. The largest absolute Gasteiger partial charge is 0.504 e. The summed E-state index contributed by atoms with van der Waals surface area (Å²) in [5.41, 5.74) is 3.85. The van der Waals surface area contributed by atoms with Gasteiger partial charge in [-0.15, -0.1) is 0 Å². The SMILES string of the molecule is COc1c(O)ccc(/C=N/NC(=O)COc2cc(C)cc(C)c2)c1[N+](=O)[O-]. The number of phenolic OH excluding ortho intramolecular Hbond substituents is 1. The molecule has 2 aromatic carbocycles. The quantitative estimate of drug-likeness (QED) is 0.436. The van der Waals surface area contributed by atoms with E-state index >= 15 is 0 Å². The molecule has 0 aromatic heterocycles. The van der Waals surface area contributed by atoms with Gasteiger partial charge in [0.05, 0.1) is 23.8 Å². The van der Waals surface area contributed by atoms with E-state index in [2.05, 4.69) is 10.5 Å². The van der Waals surface area contributed by atoms with Crippen LogP contribution in [-0.4, -0.2) is 35.9 Å². The van der Waals surface area contributed by atoms with E-state index in [4.69, 9.17) is 9.47 Å². The Balaban J connectivity index is 2.02. The summed E-state index contributed by atoms with van der Waals surface area (Å²) in [6.07, 6.45) is 1.09. The third-order valence-corrected chi connectivity index (χ3v) is 3.49. The average Bonchev–Trinajstić information content (AvgIpc) is 2.59. The van der Waals surface area contributed by atoms with Gasteiger partial charge >= 0.3 is 5.69 Å². The number of phenols is 1. The fourth-order valence-corrected chi connectivity index (χ4v) is 2.44. The van der Waals surface area contributed by atoms with Crippen LogP contribution in [0.3, 0.4) is 0 Å². The normalized spacial score (nSPS) is 10.6. The van der Waals surface area contributed by atoms with E-state index in [1.165, 1.54) is 19.2 Å². The molecule has 9 nitrogen and oxygen atoms in total. The minimum Gasteiger partial charge on any atom is -0.504 e. The van der Waals surface area contributed by atoms with Crippen LogP contribution >= 0.6 is 0 Å². The molecular weight excluding hydrogens is 354 g/mol. The van der Waals surface area contributed by atoms with Gasteiger partial charge in [-0.1, -0.05) is 6.07 Å². The topological polar surface area (TPSA) is 123 Å². The van der Waals surface area contributed by atoms with Crippen molar-refractivity contribution in [1.82, 2.24) is 5.43 Å². The predicted molar refractivity (Wildman–Crippen MR) is 98.5 cm³/mol. The number of nitro benzene ring substituents is 1. The molecule has 0 aliphatic heterocycles. The van der Waals surface area contributed by atoms with Gasteiger partial charge in [0, 0.05) is 0 Å². The Labute approximate surface area is 155 Å². The van der Waals surface area contributed by atoms with Crippen LogP contribution < -0.4 is 14.9 Å². The molecule has 27 heavy (non-hydrogen) atoms. The molecule has 0 unspecified atom stereocenters. The molecule has 0 fully saturated rings. The van der Waals surface area contributed by atoms with Crippen LogP contribution in [0.5, 0.6) is 17.2 Å². The Kier molecular flexibility index (Phi) is 6.32. The molecule has 1 amide bonds. The number of carbonyl (C=O) groups is 1. The zero-order chi connectivity index (χ0) is 20.0. The number of nitrogens with one attached hydrogen (secondary N) is 1. The third-order valence-electron chi connectivity index (χ3n) is 3.49. The van der Waals surface area contributed by atoms with Crippen LogP contribution in [0.4, 0.5) is 5.69 Å². The summed E-state index contributed by atoms with van der Waals surface area (Å²) in [6, 6.07) is 8.11. The first-order chi connectivity index (χ1) is 12.8. The van der Waals surface area contributed by atoms with Gasteiger partial charge in [-0.3, -0.25) is 14.9 Å². The molecule has 0 atom stereocenters. The maximum absolute atomic E-state index is 11.8. The zero-order valence-electron chi connectivity index (χ0n) is 15.1. The predicted octanol–water partition coefficient (Wildman–Crippen LogP) is 2.45. The molecule has 142 valence electrons. The number of methoxy groups -OCH3 is 1. The lowest BCUT2D eigenvalue weighted by molar-refractivity contribution is -0.386. The number of rotatable bonds is 7. The monoisotopic (exact) mass is 373 g/mol. The molecule has 0 heterocycles. The van der Waals surface area contributed by atoms with Gasteiger partial charge in [0.15, 0.2) is 12.4 Å². The van der Waals surface area contributed by atoms with Crippen molar-refractivity contribution in [2.24, 2.45) is 5.10 Å². The number of nitrogens with zero attached hydrogens (tertiary/aromatic N) is 2. The zero-order valence-corrected chi connectivity index (χ0v) is 15.1. The number of amides is 1. The van der Waals surface area contributed by atoms with Gasteiger partial charge in [-0.05, 0) is 49.2 Å². The van der Waals surface area contributed by atoms with E-state index in [-0.39, 0.29) is 23.7 Å². The van der Waals surface area contributed by atoms with Crippen LogP contribution in [0.2, 0.25) is 0 Å². The number of aryl methyl sites for hydroxylation is 2. The number of aromatic hydroxyl groups is 1. The summed E-state index contributed by atoms with van der Waals surface area (Å²) in [7, 11) is 1.20. The lowest BCUT2D eigenvalue weighted by Crippen LogP contribution is -2.24. The van der Waals surface area contributed by atoms with Crippen molar-refractivity contribution in [2.45, 2.75) is 13.8 Å². The van der Waals surface area contributed by atoms with Crippen molar-refractivity contribution < 1.29 is 24.3 Å². The smallest absolute Gasteiger partial charge is 0.323 e. The van der Waals surface area contributed by atoms with Crippen molar-refractivity contribution in [3.8, 4) is 17.2 Å². The Hall–Kier alpha value is -3.62. The van der Waals surface area contributed by atoms with Crippen molar-refractivity contribution in [3.63, 3.8) is 0 Å². The molecule has 0 spiro atoms. The minimum absolute atomic E-state index is 0.0603. The lowest BCUT2D eigenvalue weighted by Gasteiger charge is -2.07. The Bertz CT molecular complexity index is 875.